The molecule has 0 radical (unpaired) electrons. The molecule has 0 unspecified atom stereocenters. The molecule has 1 saturated carbocycles. The molecule has 0 aliphatic heterocycles. The summed E-state index contributed by atoms with van der Waals surface area (Å²) in [7, 11) is 1.41. The zero-order chi connectivity index (χ0) is 8.97. The molecule has 13 heavy (non-hydrogen) atoms. The van der Waals surface area contributed by atoms with E-state index >= 15 is 0 Å². The fourth-order valence-electron chi connectivity index (χ4n) is 1.75. The average Bonchev–Trinajstić information content (AvgIpc) is 2.17. The molecule has 1 rings (SSSR count). The predicted molar refractivity (Wildman–Crippen MR) is 56.3 cm³/mol. The third-order valence-electron chi connectivity index (χ3n) is 2.55. The Morgan fingerprint density at radius 3 is 2.31 bits per heavy atom. The molecule has 0 amide bonds. The number of rotatable bonds is 2. The van der Waals surface area contributed by atoms with Crippen LogP contribution in [0.2, 0.25) is 0 Å². The van der Waals surface area contributed by atoms with Crippen molar-refractivity contribution in [3.05, 3.63) is 12.2 Å². The van der Waals surface area contributed by atoms with Gasteiger partial charge in [-0.2, -0.15) is 0 Å². The molecule has 0 aromatic heterocycles. The van der Waals surface area contributed by atoms with E-state index in [9.17, 15) is 4.79 Å². The standard InChI is InChI=1S/C10H16O2.Ca.2H/c1-8(10(11)12-2)9-6-4-3-5-7-9;;;/h9H,1,3-7H2,2H3;;;. The predicted octanol–water partition coefficient (Wildman–Crippen LogP) is 1.38. The summed E-state index contributed by atoms with van der Waals surface area (Å²) in [5.74, 6) is 0.146. The van der Waals surface area contributed by atoms with Crippen molar-refractivity contribution in [1.82, 2.24) is 0 Å². The van der Waals surface area contributed by atoms with E-state index in [-0.39, 0.29) is 43.7 Å². The van der Waals surface area contributed by atoms with Crippen LogP contribution in [-0.4, -0.2) is 50.8 Å². The minimum absolute atomic E-state index is 0. The van der Waals surface area contributed by atoms with Crippen molar-refractivity contribution >= 4 is 43.7 Å². The SMILES string of the molecule is C=C(C(=O)OC)C1CCCCC1.[CaH2]. The molecular weight excluding hydrogens is 192 g/mol. The molecule has 0 saturated heterocycles. The molecule has 0 N–H and O–H groups in total. The molecule has 0 heterocycles. The van der Waals surface area contributed by atoms with Gasteiger partial charge in [0.25, 0.3) is 0 Å². The van der Waals surface area contributed by atoms with Crippen LogP contribution in [0.1, 0.15) is 32.1 Å². The van der Waals surface area contributed by atoms with E-state index in [1.165, 1.54) is 26.4 Å². The quantitative estimate of drug-likeness (QED) is 0.391. The summed E-state index contributed by atoms with van der Waals surface area (Å²) in [6, 6.07) is 0. The van der Waals surface area contributed by atoms with Gasteiger partial charge >= 0.3 is 43.7 Å². The summed E-state index contributed by atoms with van der Waals surface area (Å²) in [6.07, 6.45) is 5.95. The van der Waals surface area contributed by atoms with E-state index in [0.717, 1.165) is 12.8 Å². The summed E-state index contributed by atoms with van der Waals surface area (Å²) < 4.78 is 4.63. The van der Waals surface area contributed by atoms with E-state index in [1.807, 2.05) is 0 Å². The van der Waals surface area contributed by atoms with Crippen molar-refractivity contribution in [3.8, 4) is 0 Å². The van der Waals surface area contributed by atoms with Crippen LogP contribution in [0.25, 0.3) is 0 Å². The van der Waals surface area contributed by atoms with Crippen molar-refractivity contribution in [1.29, 1.82) is 0 Å². The molecule has 0 spiro atoms. The minimum atomic E-state index is -0.234. The number of esters is 1. The van der Waals surface area contributed by atoms with Gasteiger partial charge in [0, 0.05) is 5.57 Å². The van der Waals surface area contributed by atoms with Gasteiger partial charge in [0.2, 0.25) is 0 Å². The summed E-state index contributed by atoms with van der Waals surface area (Å²) in [4.78, 5) is 11.1. The van der Waals surface area contributed by atoms with Crippen molar-refractivity contribution in [2.45, 2.75) is 32.1 Å². The second-order valence-corrected chi connectivity index (χ2v) is 3.35. The average molecular weight is 210 g/mol. The van der Waals surface area contributed by atoms with Crippen LogP contribution in [0.5, 0.6) is 0 Å². The van der Waals surface area contributed by atoms with Crippen LogP contribution >= 0.6 is 0 Å². The van der Waals surface area contributed by atoms with Crippen LogP contribution in [0.15, 0.2) is 12.2 Å². The molecule has 3 heteroatoms. The molecule has 0 bridgehead atoms. The molecule has 72 valence electrons. The van der Waals surface area contributed by atoms with Gasteiger partial charge in [0.05, 0.1) is 7.11 Å². The maximum absolute atomic E-state index is 11.1. The van der Waals surface area contributed by atoms with Gasteiger partial charge in [0.15, 0.2) is 0 Å². The van der Waals surface area contributed by atoms with Gasteiger partial charge in [-0.1, -0.05) is 25.8 Å². The zero-order valence-electron chi connectivity index (χ0n) is 7.64. The molecule has 0 atom stereocenters. The monoisotopic (exact) mass is 210 g/mol. The van der Waals surface area contributed by atoms with Gasteiger partial charge < -0.3 is 4.74 Å². The number of methoxy groups -OCH3 is 1. The Kier molecular flexibility index (Phi) is 7.10. The summed E-state index contributed by atoms with van der Waals surface area (Å²) in [5, 5.41) is 0. The van der Waals surface area contributed by atoms with Gasteiger partial charge in [0.1, 0.15) is 0 Å². The van der Waals surface area contributed by atoms with Crippen molar-refractivity contribution < 1.29 is 9.53 Å². The van der Waals surface area contributed by atoms with E-state index in [1.54, 1.807) is 0 Å². The van der Waals surface area contributed by atoms with Crippen LogP contribution in [0.4, 0.5) is 0 Å². The van der Waals surface area contributed by atoms with Gasteiger partial charge in [-0.05, 0) is 18.8 Å². The second kappa shape index (κ2) is 6.85. The first-order valence-electron chi connectivity index (χ1n) is 4.53. The molecular formula is C10H18CaO2. The van der Waals surface area contributed by atoms with Crippen molar-refractivity contribution in [3.63, 3.8) is 0 Å². The Morgan fingerprint density at radius 1 is 1.31 bits per heavy atom. The first kappa shape index (κ1) is 13.5. The Bertz CT molecular complexity index is 183. The van der Waals surface area contributed by atoms with Crippen molar-refractivity contribution in [2.24, 2.45) is 5.92 Å². The van der Waals surface area contributed by atoms with Gasteiger partial charge in [-0.3, -0.25) is 0 Å². The normalized spacial score (nSPS) is 17.3. The molecule has 0 aromatic carbocycles. The Morgan fingerprint density at radius 2 is 1.85 bits per heavy atom. The number of ether oxygens (including phenoxy) is 1. The number of carbonyl (C=O) groups is 1. The summed E-state index contributed by atoms with van der Waals surface area (Å²) in [6.45, 7) is 3.77. The number of hydrogen-bond donors (Lipinski definition) is 0. The van der Waals surface area contributed by atoms with E-state index in [2.05, 4.69) is 11.3 Å². The van der Waals surface area contributed by atoms with Crippen LogP contribution in [0.3, 0.4) is 0 Å². The summed E-state index contributed by atoms with van der Waals surface area (Å²) in [5.41, 5.74) is 0.664. The molecule has 0 aromatic rings. The van der Waals surface area contributed by atoms with Crippen LogP contribution in [0, 0.1) is 5.92 Å². The third kappa shape index (κ3) is 4.01. The fourth-order valence-corrected chi connectivity index (χ4v) is 1.75. The van der Waals surface area contributed by atoms with Gasteiger partial charge in [-0.25, -0.2) is 4.79 Å². The van der Waals surface area contributed by atoms with E-state index in [4.69, 9.17) is 0 Å². The third-order valence-corrected chi connectivity index (χ3v) is 2.55. The van der Waals surface area contributed by atoms with Crippen LogP contribution in [-0.2, 0) is 9.53 Å². The second-order valence-electron chi connectivity index (χ2n) is 3.35. The van der Waals surface area contributed by atoms with Crippen molar-refractivity contribution in [2.75, 3.05) is 7.11 Å². The zero-order valence-corrected chi connectivity index (χ0v) is 7.64. The number of carbonyl (C=O) groups excluding carboxylic acids is 1. The Balaban J connectivity index is 0.00000144. The molecule has 2 nitrogen and oxygen atoms in total. The fraction of sp³-hybridized carbons (Fsp3) is 0.700. The topological polar surface area (TPSA) is 26.3 Å². The van der Waals surface area contributed by atoms with E-state index < -0.39 is 0 Å². The first-order chi connectivity index (χ1) is 5.75. The Hall–Kier alpha value is 0.470. The maximum atomic E-state index is 11.1. The van der Waals surface area contributed by atoms with Gasteiger partial charge in [-0.15, -0.1) is 0 Å². The summed E-state index contributed by atoms with van der Waals surface area (Å²) >= 11 is 0. The Labute approximate surface area is 110 Å². The first-order valence-corrected chi connectivity index (χ1v) is 4.53. The van der Waals surface area contributed by atoms with E-state index in [0.29, 0.717) is 11.5 Å². The molecule has 1 aliphatic carbocycles. The number of hydrogen-bond acceptors (Lipinski definition) is 2. The molecule has 1 fully saturated rings. The van der Waals surface area contributed by atoms with Crippen LogP contribution < -0.4 is 0 Å². The molecule has 1 aliphatic rings.